The van der Waals surface area contributed by atoms with Crippen molar-refractivity contribution in [1.29, 1.82) is 0 Å². The monoisotopic (exact) mass is 310 g/mol. The van der Waals surface area contributed by atoms with E-state index in [9.17, 15) is 4.79 Å². The molecule has 0 saturated heterocycles. The summed E-state index contributed by atoms with van der Waals surface area (Å²) in [6, 6.07) is 0. The smallest absolute Gasteiger partial charge is 0.223 e. The molecule has 0 unspecified atom stereocenters. The number of carbonyl (C=O) groups is 1. The second-order valence-corrected chi connectivity index (χ2v) is 6.20. The van der Waals surface area contributed by atoms with Crippen molar-refractivity contribution in [3.8, 4) is 0 Å². The van der Waals surface area contributed by atoms with Gasteiger partial charge >= 0.3 is 0 Å². The summed E-state index contributed by atoms with van der Waals surface area (Å²) in [6.45, 7) is 2.74. The van der Waals surface area contributed by atoms with Crippen LogP contribution in [0.25, 0.3) is 0 Å². The second-order valence-electron chi connectivity index (χ2n) is 6.20. The summed E-state index contributed by atoms with van der Waals surface area (Å²) in [7, 11) is 0. The fourth-order valence-corrected chi connectivity index (χ4v) is 2.60. The summed E-state index contributed by atoms with van der Waals surface area (Å²) in [5.74, 6) is 0.104. The molecule has 0 heterocycles. The molecule has 3 heteroatoms. The van der Waals surface area contributed by atoms with Crippen molar-refractivity contribution >= 4 is 5.91 Å². The third kappa shape index (κ3) is 17.2. The maximum atomic E-state index is 11.4. The average molecular weight is 311 g/mol. The highest BCUT2D eigenvalue weighted by molar-refractivity contribution is 5.76. The Bertz CT molecular complexity index is 264. The van der Waals surface area contributed by atoms with Gasteiger partial charge in [-0.05, 0) is 6.42 Å². The topological polar surface area (TPSA) is 55.1 Å². The Morgan fingerprint density at radius 1 is 0.818 bits per heavy atom. The van der Waals surface area contributed by atoms with Crippen LogP contribution in [0.3, 0.4) is 0 Å². The number of nitrogens with one attached hydrogen (secondary N) is 1. The third-order valence-corrected chi connectivity index (χ3v) is 4.01. The average Bonchev–Trinajstić information content (AvgIpc) is 2.52. The van der Waals surface area contributed by atoms with E-state index in [0.29, 0.717) is 13.0 Å². The van der Waals surface area contributed by atoms with E-state index in [0.717, 1.165) is 6.42 Å². The minimum absolute atomic E-state index is 0.104. The van der Waals surface area contributed by atoms with Gasteiger partial charge in [-0.25, -0.2) is 0 Å². The molecule has 0 aromatic rings. The van der Waals surface area contributed by atoms with Crippen molar-refractivity contribution in [2.24, 2.45) is 5.73 Å². The van der Waals surface area contributed by atoms with Gasteiger partial charge in [0.15, 0.2) is 0 Å². The quantitative estimate of drug-likeness (QED) is 0.392. The van der Waals surface area contributed by atoms with Gasteiger partial charge in [-0.3, -0.25) is 4.79 Å². The fraction of sp³-hybridized carbons (Fsp3) is 0.842. The van der Waals surface area contributed by atoms with E-state index >= 15 is 0 Å². The lowest BCUT2D eigenvalue weighted by atomic mass is 10.0. The minimum atomic E-state index is 0.104. The van der Waals surface area contributed by atoms with Gasteiger partial charge in [0.1, 0.15) is 0 Å². The molecule has 0 spiro atoms. The van der Waals surface area contributed by atoms with Crippen LogP contribution in [0, 0.1) is 0 Å². The van der Waals surface area contributed by atoms with E-state index < -0.39 is 0 Å². The molecule has 3 nitrogen and oxygen atoms in total. The van der Waals surface area contributed by atoms with Gasteiger partial charge in [0.05, 0.1) is 0 Å². The van der Waals surface area contributed by atoms with Gasteiger partial charge in [-0.15, -0.1) is 0 Å². The molecule has 0 atom stereocenters. The zero-order chi connectivity index (χ0) is 16.3. The molecule has 0 fully saturated rings. The minimum Gasteiger partial charge on any atom is -0.333 e. The van der Waals surface area contributed by atoms with E-state index in [-0.39, 0.29) is 5.91 Å². The second kappa shape index (κ2) is 18.2. The lowest BCUT2D eigenvalue weighted by molar-refractivity contribution is -0.120. The highest BCUT2D eigenvalue weighted by Crippen LogP contribution is 2.12. The molecule has 0 rings (SSSR count). The Labute approximate surface area is 138 Å². The van der Waals surface area contributed by atoms with Crippen LogP contribution >= 0.6 is 0 Å². The van der Waals surface area contributed by atoms with Crippen molar-refractivity contribution in [2.75, 3.05) is 6.54 Å². The summed E-state index contributed by atoms with van der Waals surface area (Å²) in [4.78, 5) is 11.4. The molecule has 1 amide bonds. The van der Waals surface area contributed by atoms with E-state index in [1.54, 1.807) is 12.3 Å². The first kappa shape index (κ1) is 21.2. The van der Waals surface area contributed by atoms with Crippen LogP contribution in [-0.2, 0) is 4.79 Å². The summed E-state index contributed by atoms with van der Waals surface area (Å²) in [5, 5.41) is 2.73. The maximum Gasteiger partial charge on any atom is 0.223 e. The van der Waals surface area contributed by atoms with Crippen LogP contribution in [0.15, 0.2) is 12.3 Å². The molecule has 3 N–H and O–H groups in total. The highest BCUT2D eigenvalue weighted by Gasteiger charge is 1.98. The number of amides is 1. The van der Waals surface area contributed by atoms with Gasteiger partial charge in [0.2, 0.25) is 5.91 Å². The van der Waals surface area contributed by atoms with Gasteiger partial charge in [0.25, 0.3) is 0 Å². The molecule has 130 valence electrons. The Morgan fingerprint density at radius 2 is 1.27 bits per heavy atom. The highest BCUT2D eigenvalue weighted by atomic mass is 16.1. The zero-order valence-corrected chi connectivity index (χ0v) is 14.7. The van der Waals surface area contributed by atoms with Crippen LogP contribution in [0.4, 0.5) is 0 Å². The molecule has 0 aliphatic rings. The Hall–Kier alpha value is -0.830. The molecule has 0 saturated carbocycles. The van der Waals surface area contributed by atoms with Crippen molar-refractivity contribution in [3.63, 3.8) is 0 Å². The largest absolute Gasteiger partial charge is 0.333 e. The summed E-state index contributed by atoms with van der Waals surface area (Å²) in [6.07, 6.45) is 21.4. The van der Waals surface area contributed by atoms with Crippen LogP contribution in [-0.4, -0.2) is 12.5 Å². The Morgan fingerprint density at radius 3 is 1.73 bits per heavy atom. The molecule has 22 heavy (non-hydrogen) atoms. The predicted molar refractivity (Wildman–Crippen MR) is 96.6 cm³/mol. The van der Waals surface area contributed by atoms with Crippen molar-refractivity contribution in [3.05, 3.63) is 12.3 Å². The first-order valence-electron chi connectivity index (χ1n) is 9.45. The first-order valence-corrected chi connectivity index (χ1v) is 9.45. The van der Waals surface area contributed by atoms with E-state index in [1.807, 2.05) is 0 Å². The third-order valence-electron chi connectivity index (χ3n) is 4.01. The molecule has 0 aromatic carbocycles. The van der Waals surface area contributed by atoms with Crippen LogP contribution < -0.4 is 11.1 Å². The van der Waals surface area contributed by atoms with Crippen molar-refractivity contribution in [2.45, 2.75) is 96.8 Å². The predicted octanol–water partition coefficient (Wildman–Crippen LogP) is 5.06. The van der Waals surface area contributed by atoms with Crippen molar-refractivity contribution in [1.82, 2.24) is 5.32 Å². The molecule has 0 aliphatic heterocycles. The Balaban J connectivity index is 3.11. The molecular weight excluding hydrogens is 272 g/mol. The van der Waals surface area contributed by atoms with Crippen molar-refractivity contribution < 1.29 is 4.79 Å². The lowest BCUT2D eigenvalue weighted by Crippen LogP contribution is -2.16. The summed E-state index contributed by atoms with van der Waals surface area (Å²) < 4.78 is 0. The normalized spacial score (nSPS) is 11.2. The number of carbonyl (C=O) groups excluding carboxylic acids is 1. The molecule has 0 bridgehead atoms. The number of unbranched alkanes of at least 4 members (excludes halogenated alkanes) is 12. The van der Waals surface area contributed by atoms with Crippen LogP contribution in [0.1, 0.15) is 96.8 Å². The first-order chi connectivity index (χ1) is 10.8. The summed E-state index contributed by atoms with van der Waals surface area (Å²) in [5.41, 5.74) is 5.30. The van der Waals surface area contributed by atoms with Gasteiger partial charge in [-0.1, -0.05) is 90.0 Å². The zero-order valence-electron chi connectivity index (χ0n) is 14.7. The van der Waals surface area contributed by atoms with Gasteiger partial charge in [-0.2, -0.15) is 0 Å². The number of rotatable bonds is 16. The van der Waals surface area contributed by atoms with Crippen LogP contribution in [0.5, 0.6) is 0 Å². The molecule has 0 aromatic heterocycles. The number of nitrogens with two attached hydrogens (primary N) is 1. The molecule has 0 aliphatic carbocycles. The Kier molecular flexibility index (Phi) is 17.5. The SMILES string of the molecule is CCCCCCCCCCCCCCCC(=O)NC=CCN. The summed E-state index contributed by atoms with van der Waals surface area (Å²) >= 11 is 0. The van der Waals surface area contributed by atoms with E-state index in [4.69, 9.17) is 5.73 Å². The maximum absolute atomic E-state index is 11.4. The fourth-order valence-electron chi connectivity index (χ4n) is 2.60. The van der Waals surface area contributed by atoms with Gasteiger partial charge < -0.3 is 11.1 Å². The number of hydrogen-bond donors (Lipinski definition) is 2. The standard InChI is InChI=1S/C19H38N2O/c1-2-3-4-5-6-7-8-9-10-11-12-13-14-16-19(22)21-18-15-17-20/h15,18H,2-14,16-17,20H2,1H3,(H,21,22). The van der Waals surface area contributed by atoms with Crippen LogP contribution in [0.2, 0.25) is 0 Å². The van der Waals surface area contributed by atoms with E-state index in [1.165, 1.54) is 77.0 Å². The molecular formula is C19H38N2O. The number of hydrogen-bond acceptors (Lipinski definition) is 2. The van der Waals surface area contributed by atoms with Gasteiger partial charge in [0, 0.05) is 19.2 Å². The van der Waals surface area contributed by atoms with E-state index in [2.05, 4.69) is 12.2 Å². The molecule has 0 radical (unpaired) electrons. The lowest BCUT2D eigenvalue weighted by Gasteiger charge is -2.03.